The molecule has 0 spiro atoms. The zero-order valence-electron chi connectivity index (χ0n) is 16.3. The van der Waals surface area contributed by atoms with Crippen LogP contribution < -0.4 is 10.3 Å². The van der Waals surface area contributed by atoms with Gasteiger partial charge in [0.25, 0.3) is 11.2 Å². The van der Waals surface area contributed by atoms with Crippen molar-refractivity contribution in [1.82, 2.24) is 9.55 Å². The van der Waals surface area contributed by atoms with Gasteiger partial charge in [-0.3, -0.25) is 19.5 Å². The Morgan fingerprint density at radius 3 is 2.50 bits per heavy atom. The van der Waals surface area contributed by atoms with Gasteiger partial charge in [0.05, 0.1) is 29.5 Å². The summed E-state index contributed by atoms with van der Waals surface area (Å²) in [6, 6.07) is 21.4. The van der Waals surface area contributed by atoms with E-state index in [1.54, 1.807) is 11.7 Å². The van der Waals surface area contributed by atoms with Gasteiger partial charge in [0.2, 0.25) is 0 Å². The number of non-ortho nitro benzene ring substituents is 1. The lowest BCUT2D eigenvalue weighted by Gasteiger charge is -2.14. The molecule has 150 valence electrons. The average Bonchev–Trinajstić information content (AvgIpc) is 2.77. The highest BCUT2D eigenvalue weighted by Crippen LogP contribution is 2.20. The van der Waals surface area contributed by atoms with Gasteiger partial charge in [-0.2, -0.15) is 0 Å². The van der Waals surface area contributed by atoms with Crippen LogP contribution in [0.25, 0.3) is 10.9 Å². The molecule has 0 atom stereocenters. The third kappa shape index (κ3) is 3.91. The molecule has 4 aromatic rings. The van der Waals surface area contributed by atoms with E-state index in [1.165, 1.54) is 18.2 Å². The Morgan fingerprint density at radius 2 is 1.77 bits per heavy atom. The van der Waals surface area contributed by atoms with Crippen LogP contribution in [0.5, 0.6) is 5.75 Å². The Labute approximate surface area is 172 Å². The third-order valence-corrected chi connectivity index (χ3v) is 4.91. The summed E-state index contributed by atoms with van der Waals surface area (Å²) in [4.78, 5) is 28.7. The molecule has 1 aromatic heterocycles. The molecule has 7 heteroatoms. The van der Waals surface area contributed by atoms with Gasteiger partial charge in [-0.25, -0.2) is 4.98 Å². The largest absolute Gasteiger partial charge is 0.497 e. The summed E-state index contributed by atoms with van der Waals surface area (Å²) in [6.07, 6.45) is 0.465. The summed E-state index contributed by atoms with van der Waals surface area (Å²) in [7, 11) is 1.59. The van der Waals surface area contributed by atoms with Gasteiger partial charge >= 0.3 is 0 Å². The lowest BCUT2D eigenvalue weighted by Crippen LogP contribution is -2.26. The van der Waals surface area contributed by atoms with Gasteiger partial charge in [-0.05, 0) is 29.3 Å². The number of fused-ring (bicyclic) bond motifs is 1. The predicted octanol–water partition coefficient (Wildman–Crippen LogP) is 3.95. The zero-order chi connectivity index (χ0) is 21.1. The summed E-state index contributed by atoms with van der Waals surface area (Å²) in [5.74, 6) is 1.28. The molecule has 7 nitrogen and oxygen atoms in total. The maximum Gasteiger partial charge on any atom is 0.270 e. The molecule has 0 aliphatic rings. The van der Waals surface area contributed by atoms with E-state index in [-0.39, 0.29) is 23.2 Å². The number of hydrogen-bond acceptors (Lipinski definition) is 5. The SMILES string of the molecule is COc1cccc(Cn2c(Cc3ccccc3)nc3ccc([N+](=O)[O-])cc3c2=O)c1. The molecule has 1 heterocycles. The van der Waals surface area contributed by atoms with Crippen LogP contribution in [0.3, 0.4) is 0 Å². The van der Waals surface area contributed by atoms with Gasteiger partial charge in [-0.1, -0.05) is 42.5 Å². The van der Waals surface area contributed by atoms with Gasteiger partial charge in [0.1, 0.15) is 11.6 Å². The Morgan fingerprint density at radius 1 is 1.00 bits per heavy atom. The molecule has 3 aromatic carbocycles. The number of hydrogen-bond donors (Lipinski definition) is 0. The minimum Gasteiger partial charge on any atom is -0.497 e. The van der Waals surface area contributed by atoms with E-state index in [9.17, 15) is 14.9 Å². The van der Waals surface area contributed by atoms with Gasteiger partial charge < -0.3 is 4.74 Å². The number of nitrogens with zero attached hydrogens (tertiary/aromatic N) is 3. The third-order valence-electron chi connectivity index (χ3n) is 4.91. The van der Waals surface area contributed by atoms with Crippen molar-refractivity contribution >= 4 is 16.6 Å². The average molecular weight is 401 g/mol. The van der Waals surface area contributed by atoms with Crippen molar-refractivity contribution in [2.45, 2.75) is 13.0 Å². The van der Waals surface area contributed by atoms with Crippen molar-refractivity contribution in [1.29, 1.82) is 0 Å². The monoisotopic (exact) mass is 401 g/mol. The standard InChI is InChI=1S/C23H19N3O4/c1-30-19-9-5-8-17(12-19)15-25-22(13-16-6-3-2-4-7-16)24-21-11-10-18(26(28)29)14-20(21)23(25)27/h2-12,14H,13,15H2,1H3. The van der Waals surface area contributed by atoms with Gasteiger partial charge in [-0.15, -0.1) is 0 Å². The van der Waals surface area contributed by atoms with E-state index in [4.69, 9.17) is 4.74 Å². The van der Waals surface area contributed by atoms with E-state index < -0.39 is 4.92 Å². The predicted molar refractivity (Wildman–Crippen MR) is 114 cm³/mol. The maximum absolute atomic E-state index is 13.3. The van der Waals surface area contributed by atoms with Crippen molar-refractivity contribution in [3.05, 3.63) is 110 Å². The number of nitro benzene ring substituents is 1. The van der Waals surface area contributed by atoms with Crippen LogP contribution in [-0.2, 0) is 13.0 Å². The van der Waals surface area contributed by atoms with Crippen LogP contribution in [0.2, 0.25) is 0 Å². The lowest BCUT2D eigenvalue weighted by atomic mass is 10.1. The molecule has 0 unspecified atom stereocenters. The first kappa shape index (κ1) is 19.3. The van der Waals surface area contributed by atoms with Gasteiger partial charge in [0, 0.05) is 18.6 Å². The maximum atomic E-state index is 13.3. The minimum atomic E-state index is -0.511. The van der Waals surface area contributed by atoms with Crippen molar-refractivity contribution in [3.8, 4) is 5.75 Å². The van der Waals surface area contributed by atoms with E-state index in [2.05, 4.69) is 4.98 Å². The van der Waals surface area contributed by atoms with Crippen LogP contribution >= 0.6 is 0 Å². The molecule has 0 radical (unpaired) electrons. The number of aromatic nitrogens is 2. The lowest BCUT2D eigenvalue weighted by molar-refractivity contribution is -0.384. The Balaban J connectivity index is 1.88. The van der Waals surface area contributed by atoms with E-state index >= 15 is 0 Å². The van der Waals surface area contributed by atoms with E-state index in [0.29, 0.717) is 23.5 Å². The highest BCUT2D eigenvalue weighted by atomic mass is 16.6. The van der Waals surface area contributed by atoms with Crippen LogP contribution in [0.1, 0.15) is 17.0 Å². The summed E-state index contributed by atoms with van der Waals surface area (Å²) < 4.78 is 6.86. The topological polar surface area (TPSA) is 87.3 Å². The fourth-order valence-electron chi connectivity index (χ4n) is 3.40. The number of methoxy groups -OCH3 is 1. The second kappa shape index (κ2) is 8.16. The van der Waals surface area contributed by atoms with Crippen molar-refractivity contribution in [3.63, 3.8) is 0 Å². The fourth-order valence-corrected chi connectivity index (χ4v) is 3.40. The summed E-state index contributed by atoms with van der Waals surface area (Å²) in [6.45, 7) is 0.282. The first-order chi connectivity index (χ1) is 14.5. The van der Waals surface area contributed by atoms with Crippen LogP contribution in [0.15, 0.2) is 77.6 Å². The Hall–Kier alpha value is -4.00. The number of benzene rings is 3. The molecule has 0 saturated carbocycles. The van der Waals surface area contributed by atoms with Crippen LogP contribution in [0, 0.1) is 10.1 Å². The molecule has 0 aliphatic carbocycles. The molecule has 0 amide bonds. The summed E-state index contributed by atoms with van der Waals surface area (Å²) >= 11 is 0. The number of rotatable bonds is 6. The first-order valence-corrected chi connectivity index (χ1v) is 9.40. The van der Waals surface area contributed by atoms with Crippen molar-refractivity contribution in [2.75, 3.05) is 7.11 Å². The van der Waals surface area contributed by atoms with E-state index in [1.807, 2.05) is 54.6 Å². The quantitative estimate of drug-likeness (QED) is 0.361. The Bertz CT molecular complexity index is 1280. The fraction of sp³-hybridized carbons (Fsp3) is 0.130. The van der Waals surface area contributed by atoms with Gasteiger partial charge in [0.15, 0.2) is 0 Å². The summed E-state index contributed by atoms with van der Waals surface area (Å²) in [5, 5.41) is 11.4. The normalized spacial score (nSPS) is 10.8. The molecular weight excluding hydrogens is 382 g/mol. The highest BCUT2D eigenvalue weighted by Gasteiger charge is 2.16. The molecule has 0 N–H and O–H groups in total. The molecule has 0 saturated heterocycles. The zero-order valence-corrected chi connectivity index (χ0v) is 16.3. The van der Waals surface area contributed by atoms with Crippen LogP contribution in [-0.4, -0.2) is 21.6 Å². The van der Waals surface area contributed by atoms with Crippen molar-refractivity contribution in [2.24, 2.45) is 0 Å². The second-order valence-electron chi connectivity index (χ2n) is 6.89. The molecular formula is C23H19N3O4. The number of ether oxygens (including phenoxy) is 1. The molecule has 0 fully saturated rings. The molecule has 30 heavy (non-hydrogen) atoms. The summed E-state index contributed by atoms with van der Waals surface area (Å²) in [5.41, 5.74) is 1.89. The molecule has 4 rings (SSSR count). The van der Waals surface area contributed by atoms with Crippen LogP contribution in [0.4, 0.5) is 5.69 Å². The second-order valence-corrected chi connectivity index (χ2v) is 6.89. The molecule has 0 aliphatic heterocycles. The Kier molecular flexibility index (Phi) is 5.26. The smallest absolute Gasteiger partial charge is 0.270 e. The first-order valence-electron chi connectivity index (χ1n) is 9.40. The highest BCUT2D eigenvalue weighted by molar-refractivity contribution is 5.80. The van der Waals surface area contributed by atoms with Crippen molar-refractivity contribution < 1.29 is 9.66 Å². The molecule has 0 bridgehead atoms. The van der Waals surface area contributed by atoms with E-state index in [0.717, 1.165) is 11.1 Å². The number of nitro groups is 1. The minimum absolute atomic E-state index is 0.134.